The van der Waals surface area contributed by atoms with Gasteiger partial charge in [-0.15, -0.1) is 0 Å². The van der Waals surface area contributed by atoms with Gasteiger partial charge in [-0.25, -0.2) is 11.5 Å². The second-order valence-corrected chi connectivity index (χ2v) is 4.92. The zero-order valence-electron chi connectivity index (χ0n) is 10.1. The number of primary amides is 1. The number of rotatable bonds is 3. The van der Waals surface area contributed by atoms with E-state index in [1.807, 2.05) is 4.90 Å². The molecule has 17 heavy (non-hydrogen) atoms. The zero-order chi connectivity index (χ0) is 12.3. The second-order valence-electron chi connectivity index (χ2n) is 4.92. The molecular weight excluding hydrogens is 216 g/mol. The van der Waals surface area contributed by atoms with Crippen molar-refractivity contribution in [1.29, 1.82) is 0 Å². The summed E-state index contributed by atoms with van der Waals surface area (Å²) in [4.78, 5) is 18.9. The fourth-order valence-electron chi connectivity index (χ4n) is 2.93. The molecule has 2 fully saturated rings. The van der Waals surface area contributed by atoms with E-state index in [9.17, 15) is 4.79 Å². The van der Waals surface area contributed by atoms with Crippen LogP contribution in [-0.2, 0) is 4.79 Å². The first-order chi connectivity index (χ1) is 8.22. The van der Waals surface area contributed by atoms with Gasteiger partial charge in [0, 0.05) is 19.1 Å². The van der Waals surface area contributed by atoms with E-state index in [0.29, 0.717) is 6.04 Å². The minimum Gasteiger partial charge on any atom is -0.362 e. The van der Waals surface area contributed by atoms with Crippen LogP contribution in [-0.4, -0.2) is 54.1 Å². The second kappa shape index (κ2) is 5.48. The first-order valence-corrected chi connectivity index (χ1v) is 6.36. The van der Waals surface area contributed by atoms with E-state index in [1.54, 1.807) is 0 Å². The van der Waals surface area contributed by atoms with Crippen molar-refractivity contribution < 1.29 is 4.79 Å². The highest BCUT2D eigenvalue weighted by molar-refractivity contribution is 5.81. The van der Waals surface area contributed by atoms with E-state index < -0.39 is 12.1 Å². The Morgan fingerprint density at radius 1 is 1.24 bits per heavy atom. The smallest absolute Gasteiger partial charge is 0.357 e. The molecule has 2 heterocycles. The van der Waals surface area contributed by atoms with Crippen molar-refractivity contribution >= 4 is 5.91 Å². The van der Waals surface area contributed by atoms with Crippen molar-refractivity contribution in [2.75, 3.05) is 26.2 Å². The highest BCUT2D eigenvalue weighted by atomic mass is 16.1. The molecule has 1 atom stereocenters. The third-order valence-corrected chi connectivity index (χ3v) is 3.88. The van der Waals surface area contributed by atoms with Crippen LogP contribution >= 0.6 is 0 Å². The molecule has 2 N–H and O–H groups in total. The number of nitrogens with two attached hydrogens (primary N) is 1. The van der Waals surface area contributed by atoms with E-state index in [2.05, 4.69) is 9.74 Å². The van der Waals surface area contributed by atoms with Crippen molar-refractivity contribution in [2.24, 2.45) is 5.73 Å². The maximum Gasteiger partial charge on any atom is 0.357 e. The summed E-state index contributed by atoms with van der Waals surface area (Å²) >= 11 is 0. The predicted molar refractivity (Wildman–Crippen MR) is 65.0 cm³/mol. The molecule has 2 saturated heterocycles. The van der Waals surface area contributed by atoms with Crippen LogP contribution in [0.15, 0.2) is 0 Å². The normalized spacial score (nSPS) is 25.6. The molecule has 1 unspecified atom stereocenters. The Morgan fingerprint density at radius 3 is 2.29 bits per heavy atom. The Hall–Kier alpha value is -1.12. The molecule has 5 heteroatoms. The van der Waals surface area contributed by atoms with Gasteiger partial charge < -0.3 is 10.6 Å². The van der Waals surface area contributed by atoms with Crippen molar-refractivity contribution in [3.05, 3.63) is 11.4 Å². The highest BCUT2D eigenvalue weighted by Crippen LogP contribution is 2.22. The van der Waals surface area contributed by atoms with Crippen LogP contribution in [0, 0.1) is 6.57 Å². The predicted octanol–water partition coefficient (Wildman–Crippen LogP) is 0.277. The molecule has 0 aromatic carbocycles. The molecule has 2 aliphatic rings. The summed E-state index contributed by atoms with van der Waals surface area (Å²) in [6.45, 7) is 11.1. The summed E-state index contributed by atoms with van der Waals surface area (Å²) in [6.07, 6.45) is 3.98. The lowest BCUT2D eigenvalue weighted by atomic mass is 10.0. The van der Waals surface area contributed by atoms with Gasteiger partial charge in [-0.1, -0.05) is 0 Å². The summed E-state index contributed by atoms with van der Waals surface area (Å²) in [5.41, 5.74) is 5.23. The molecule has 0 radical (unpaired) electrons. The van der Waals surface area contributed by atoms with Gasteiger partial charge in [0.1, 0.15) is 0 Å². The largest absolute Gasteiger partial charge is 0.362 e. The third-order valence-electron chi connectivity index (χ3n) is 3.88. The van der Waals surface area contributed by atoms with Gasteiger partial charge in [0.25, 0.3) is 0 Å². The number of nitrogens with zero attached hydrogens (tertiary/aromatic N) is 3. The number of amides is 1. The molecular formula is C12H20N4O. The van der Waals surface area contributed by atoms with Crippen LogP contribution < -0.4 is 5.73 Å². The molecule has 0 aromatic rings. The molecule has 0 aliphatic carbocycles. The lowest BCUT2D eigenvalue weighted by Gasteiger charge is -2.35. The number of carbonyl (C=O) groups excluding carboxylic acids is 1. The summed E-state index contributed by atoms with van der Waals surface area (Å²) in [5, 5.41) is 0. The summed E-state index contributed by atoms with van der Waals surface area (Å²) in [7, 11) is 0. The van der Waals surface area contributed by atoms with Crippen molar-refractivity contribution in [1.82, 2.24) is 9.80 Å². The quantitative estimate of drug-likeness (QED) is 0.716. The Labute approximate surface area is 102 Å². The van der Waals surface area contributed by atoms with Crippen molar-refractivity contribution in [3.63, 3.8) is 0 Å². The zero-order valence-corrected chi connectivity index (χ0v) is 10.1. The standard InChI is InChI=1S/C12H20N4O/c1-14-12(11(13)17)16-8-4-10(5-9-16)15-6-2-3-7-15/h10,12H,2-9H2,(H2,13,17). The van der Waals surface area contributed by atoms with Crippen molar-refractivity contribution in [2.45, 2.75) is 37.9 Å². The van der Waals surface area contributed by atoms with Crippen LogP contribution in [0.2, 0.25) is 0 Å². The Bertz CT molecular complexity index is 311. The average molecular weight is 236 g/mol. The van der Waals surface area contributed by atoms with Crippen molar-refractivity contribution in [3.8, 4) is 0 Å². The topological polar surface area (TPSA) is 53.9 Å². The van der Waals surface area contributed by atoms with Gasteiger partial charge in [-0.3, -0.25) is 9.64 Å². The monoisotopic (exact) mass is 236 g/mol. The molecule has 0 saturated carbocycles. The maximum absolute atomic E-state index is 11.1. The molecule has 0 spiro atoms. The first kappa shape index (κ1) is 12.3. The maximum atomic E-state index is 11.1. The van der Waals surface area contributed by atoms with Crippen LogP contribution in [0.3, 0.4) is 0 Å². The van der Waals surface area contributed by atoms with E-state index >= 15 is 0 Å². The van der Waals surface area contributed by atoms with Crippen LogP contribution in [0.25, 0.3) is 4.85 Å². The molecule has 0 aromatic heterocycles. The lowest BCUT2D eigenvalue weighted by Crippen LogP contribution is -2.50. The van der Waals surface area contributed by atoms with Gasteiger partial charge in [0.2, 0.25) is 0 Å². The van der Waals surface area contributed by atoms with Crippen LogP contribution in [0.1, 0.15) is 25.7 Å². The average Bonchev–Trinajstić information content (AvgIpc) is 2.84. The minimum absolute atomic E-state index is 0.514. The van der Waals surface area contributed by atoms with E-state index in [0.717, 1.165) is 25.9 Å². The van der Waals surface area contributed by atoms with Gasteiger partial charge in [-0.05, 0) is 38.8 Å². The number of piperidine rings is 1. The lowest BCUT2D eigenvalue weighted by molar-refractivity contribution is -0.122. The Kier molecular flexibility index (Phi) is 3.97. The number of hydrogen-bond donors (Lipinski definition) is 1. The molecule has 1 amide bonds. The summed E-state index contributed by atoms with van der Waals surface area (Å²) in [6, 6.07) is 0.646. The third kappa shape index (κ3) is 2.76. The number of carbonyl (C=O) groups is 1. The van der Waals surface area contributed by atoms with E-state index in [-0.39, 0.29) is 0 Å². The van der Waals surface area contributed by atoms with Gasteiger partial charge in [0.05, 0.1) is 0 Å². The fourth-order valence-corrected chi connectivity index (χ4v) is 2.93. The van der Waals surface area contributed by atoms with E-state index in [4.69, 9.17) is 12.3 Å². The van der Waals surface area contributed by atoms with Gasteiger partial charge in [0.15, 0.2) is 0 Å². The van der Waals surface area contributed by atoms with Crippen LogP contribution in [0.4, 0.5) is 0 Å². The first-order valence-electron chi connectivity index (χ1n) is 6.36. The minimum atomic E-state index is -0.755. The molecule has 2 aliphatic heterocycles. The SMILES string of the molecule is [C-]#[N+]C(C(N)=O)N1CCC(N2CCCC2)CC1. The van der Waals surface area contributed by atoms with Gasteiger partial charge >= 0.3 is 12.1 Å². The molecule has 94 valence electrons. The number of hydrogen-bond acceptors (Lipinski definition) is 3. The van der Waals surface area contributed by atoms with Gasteiger partial charge in [-0.2, -0.15) is 0 Å². The summed E-state index contributed by atoms with van der Waals surface area (Å²) in [5.74, 6) is -0.514. The molecule has 5 nitrogen and oxygen atoms in total. The molecule has 2 rings (SSSR count). The summed E-state index contributed by atoms with van der Waals surface area (Å²) < 4.78 is 0. The number of likely N-dealkylation sites (tertiary alicyclic amines) is 2. The van der Waals surface area contributed by atoms with Crippen LogP contribution in [0.5, 0.6) is 0 Å². The van der Waals surface area contributed by atoms with E-state index in [1.165, 1.54) is 25.9 Å². The Balaban J connectivity index is 1.85. The molecule has 0 bridgehead atoms. The fraction of sp³-hybridized carbons (Fsp3) is 0.833. The highest BCUT2D eigenvalue weighted by Gasteiger charge is 2.34. The Morgan fingerprint density at radius 2 is 1.82 bits per heavy atom.